The zero-order chi connectivity index (χ0) is 31.4. The van der Waals surface area contributed by atoms with Crippen LogP contribution in [0.2, 0.25) is 0 Å². The number of nitrogens with one attached hydrogen (secondary N) is 2. The molecule has 6 rings (SSSR count). The number of fused-ring (bicyclic) bond motifs is 4. The maximum atomic E-state index is 12.3. The molecule has 2 unspecified atom stereocenters. The number of urea groups is 2. The minimum atomic E-state index is -4.80. The smallest absolute Gasteiger partial charge is 0.379 e. The standard InChI is InChI=1S/C13H21N3O4.C12H19N3O8S/c1-15-9-4-5-11(16(7-9)13(15)18)12(17)14-20-10-3-2-6-19-8-10;16-11(13-22-9-2-1-5-21-7-9)10-4-3-8-6-14(10)12(17)15(8)23-24(18,19)20/h9-11H,2-8H2,1H3,(H,14,17);8-10H,1-7H2,(H,13,16)(H,18,19,20)/t9-,10?,11+;8-,9?,10+/m11/s1. The van der Waals surface area contributed by atoms with E-state index in [1.807, 2.05) is 0 Å². The molecule has 6 heterocycles. The van der Waals surface area contributed by atoms with Crippen LogP contribution in [0.1, 0.15) is 51.4 Å². The fourth-order valence-electron chi connectivity index (χ4n) is 6.24. The van der Waals surface area contributed by atoms with Crippen molar-refractivity contribution in [3.63, 3.8) is 0 Å². The molecule has 18 nitrogen and oxygen atoms in total. The predicted molar refractivity (Wildman–Crippen MR) is 146 cm³/mol. The van der Waals surface area contributed by atoms with Gasteiger partial charge >= 0.3 is 22.5 Å². The lowest BCUT2D eigenvalue weighted by Gasteiger charge is -2.30. The molecule has 44 heavy (non-hydrogen) atoms. The maximum Gasteiger partial charge on any atom is 0.418 e. The van der Waals surface area contributed by atoms with E-state index in [0.717, 1.165) is 38.7 Å². The Morgan fingerprint density at radius 2 is 1.30 bits per heavy atom. The summed E-state index contributed by atoms with van der Waals surface area (Å²) < 4.78 is 45.2. The van der Waals surface area contributed by atoms with Crippen molar-refractivity contribution in [1.82, 2.24) is 30.7 Å². The van der Waals surface area contributed by atoms with E-state index < -0.39 is 40.5 Å². The Kier molecular flexibility index (Phi) is 10.4. The summed E-state index contributed by atoms with van der Waals surface area (Å²) in [5.74, 6) is -0.709. The first kappa shape index (κ1) is 32.6. The normalized spacial score (nSPS) is 31.9. The average molecular weight is 649 g/mol. The highest BCUT2D eigenvalue weighted by Gasteiger charge is 2.49. The molecule has 19 heteroatoms. The maximum absolute atomic E-state index is 12.3. The Hall–Kier alpha value is -2.81. The van der Waals surface area contributed by atoms with Crippen LogP contribution in [0.15, 0.2) is 0 Å². The van der Waals surface area contributed by atoms with E-state index in [4.69, 9.17) is 23.7 Å². The van der Waals surface area contributed by atoms with Gasteiger partial charge in [0.2, 0.25) is 0 Å². The molecular weight excluding hydrogens is 608 g/mol. The molecule has 0 aliphatic carbocycles. The molecule has 0 aromatic heterocycles. The predicted octanol–water partition coefficient (Wildman–Crippen LogP) is -0.672. The molecular formula is C25H40N6O12S. The summed E-state index contributed by atoms with van der Waals surface area (Å²) in [4.78, 5) is 63.9. The van der Waals surface area contributed by atoms with Crippen LogP contribution in [-0.4, -0.2) is 140 Å². The number of ether oxygens (including phenoxy) is 2. The van der Waals surface area contributed by atoms with Crippen LogP contribution in [0.4, 0.5) is 9.59 Å². The molecule has 6 fully saturated rings. The zero-order valence-electron chi connectivity index (χ0n) is 24.5. The Morgan fingerprint density at radius 1 is 0.795 bits per heavy atom. The second kappa shape index (κ2) is 14.1. The van der Waals surface area contributed by atoms with Gasteiger partial charge in [-0.1, -0.05) is 0 Å². The summed E-state index contributed by atoms with van der Waals surface area (Å²) in [6, 6.07) is -2.32. The highest BCUT2D eigenvalue weighted by atomic mass is 32.3. The van der Waals surface area contributed by atoms with Gasteiger partial charge in [0, 0.05) is 33.4 Å². The highest BCUT2D eigenvalue weighted by molar-refractivity contribution is 7.80. The lowest BCUT2D eigenvalue weighted by molar-refractivity contribution is -0.151. The number of hydrogen-bond donors (Lipinski definition) is 3. The first-order chi connectivity index (χ1) is 21.0. The van der Waals surface area contributed by atoms with Crippen molar-refractivity contribution < 1.29 is 55.6 Å². The Morgan fingerprint density at radius 3 is 1.80 bits per heavy atom. The average Bonchev–Trinajstić information content (AvgIpc) is 3.38. The number of nitrogens with zero attached hydrogens (tertiary/aromatic N) is 4. The van der Waals surface area contributed by atoms with Crippen molar-refractivity contribution in [3.8, 4) is 0 Å². The SMILES string of the molecule is CN1C(=O)N2C[C@H]1CC[C@H]2C(=O)NOC1CCCOC1.O=C(NOC1CCCOC1)[C@@H]1CC[C@@H]2CN1C(=O)N2OS(=O)(=O)O. The molecule has 0 radical (unpaired) electrons. The van der Waals surface area contributed by atoms with E-state index in [1.165, 1.54) is 4.90 Å². The van der Waals surface area contributed by atoms with Crippen molar-refractivity contribution in [2.45, 2.75) is 87.7 Å². The molecule has 4 bridgehead atoms. The van der Waals surface area contributed by atoms with Crippen LogP contribution < -0.4 is 11.0 Å². The third-order valence-electron chi connectivity index (χ3n) is 8.64. The third kappa shape index (κ3) is 7.69. The van der Waals surface area contributed by atoms with Gasteiger partial charge in [-0.05, 0) is 51.4 Å². The molecule has 3 N–H and O–H groups in total. The van der Waals surface area contributed by atoms with Gasteiger partial charge in [-0.15, -0.1) is 4.28 Å². The van der Waals surface area contributed by atoms with Gasteiger partial charge < -0.3 is 24.2 Å². The number of hydroxylamine groups is 4. The van der Waals surface area contributed by atoms with Gasteiger partial charge in [-0.3, -0.25) is 23.8 Å². The number of likely N-dealkylation sites (N-methyl/N-ethyl adjacent to an activating group) is 1. The molecule has 248 valence electrons. The van der Waals surface area contributed by atoms with Crippen molar-refractivity contribution in [1.29, 1.82) is 0 Å². The zero-order valence-corrected chi connectivity index (χ0v) is 25.3. The van der Waals surface area contributed by atoms with Gasteiger partial charge in [0.25, 0.3) is 11.8 Å². The summed E-state index contributed by atoms with van der Waals surface area (Å²) in [6.45, 7) is 3.11. The summed E-state index contributed by atoms with van der Waals surface area (Å²) in [5, 5.41) is 0.596. The summed E-state index contributed by atoms with van der Waals surface area (Å²) in [5.41, 5.74) is 4.86. The number of piperidine rings is 2. The molecule has 6 aliphatic rings. The summed E-state index contributed by atoms with van der Waals surface area (Å²) in [6.07, 6.45) is 5.39. The van der Waals surface area contributed by atoms with Crippen LogP contribution >= 0.6 is 0 Å². The third-order valence-corrected chi connectivity index (χ3v) is 8.99. The van der Waals surface area contributed by atoms with Gasteiger partial charge in [0.15, 0.2) is 0 Å². The lowest BCUT2D eigenvalue weighted by Crippen LogP contribution is -2.50. The minimum absolute atomic E-state index is 0.0614. The molecule has 0 aromatic carbocycles. The van der Waals surface area contributed by atoms with E-state index in [1.54, 1.807) is 16.8 Å². The van der Waals surface area contributed by atoms with E-state index in [2.05, 4.69) is 15.2 Å². The van der Waals surface area contributed by atoms with Crippen LogP contribution in [0, 0.1) is 0 Å². The van der Waals surface area contributed by atoms with Crippen molar-refractivity contribution >= 4 is 34.3 Å². The fourth-order valence-corrected chi connectivity index (χ4v) is 6.63. The second-order valence-electron chi connectivity index (χ2n) is 11.6. The van der Waals surface area contributed by atoms with Gasteiger partial charge in [-0.2, -0.15) is 13.5 Å². The molecule has 0 saturated carbocycles. The second-order valence-corrected chi connectivity index (χ2v) is 12.7. The van der Waals surface area contributed by atoms with Crippen LogP contribution in [0.3, 0.4) is 0 Å². The van der Waals surface area contributed by atoms with Crippen LogP contribution in [0.5, 0.6) is 0 Å². The molecule has 6 aliphatic heterocycles. The summed E-state index contributed by atoms with van der Waals surface area (Å²) in [7, 11) is -3.01. The first-order valence-corrected chi connectivity index (χ1v) is 16.2. The number of carbonyl (C=O) groups is 4. The number of hydrogen-bond acceptors (Lipinski definition) is 11. The molecule has 6 atom stereocenters. The monoisotopic (exact) mass is 648 g/mol. The topological polar surface area (TPSA) is 206 Å². The number of amides is 6. The van der Waals surface area contributed by atoms with E-state index in [9.17, 15) is 27.6 Å². The van der Waals surface area contributed by atoms with Gasteiger partial charge in [-0.25, -0.2) is 20.5 Å². The van der Waals surface area contributed by atoms with E-state index >= 15 is 0 Å². The largest absolute Gasteiger partial charge is 0.418 e. The van der Waals surface area contributed by atoms with Crippen molar-refractivity contribution in [2.75, 3.05) is 46.6 Å². The Labute approximate surface area is 255 Å². The van der Waals surface area contributed by atoms with Gasteiger partial charge in [0.1, 0.15) is 24.3 Å². The molecule has 0 aromatic rings. The highest BCUT2D eigenvalue weighted by Crippen LogP contribution is 2.31. The Bertz CT molecular complexity index is 1180. The number of carbonyl (C=O) groups excluding carboxylic acids is 4. The first-order valence-electron chi connectivity index (χ1n) is 14.9. The summed E-state index contributed by atoms with van der Waals surface area (Å²) >= 11 is 0. The molecule has 0 spiro atoms. The van der Waals surface area contributed by atoms with Crippen LogP contribution in [-0.2, 0) is 43.4 Å². The molecule has 6 saturated heterocycles. The quantitative estimate of drug-likeness (QED) is 0.221. The fraction of sp³-hybridized carbons (Fsp3) is 0.840. The Balaban J connectivity index is 0.000000177. The van der Waals surface area contributed by atoms with Crippen LogP contribution in [0.25, 0.3) is 0 Å². The van der Waals surface area contributed by atoms with Crippen molar-refractivity contribution in [3.05, 3.63) is 0 Å². The minimum Gasteiger partial charge on any atom is -0.379 e. The van der Waals surface area contributed by atoms with Gasteiger partial charge in [0.05, 0.1) is 25.3 Å². The molecule has 6 amide bonds. The van der Waals surface area contributed by atoms with E-state index in [-0.39, 0.29) is 36.7 Å². The number of rotatable bonds is 8. The van der Waals surface area contributed by atoms with E-state index in [0.29, 0.717) is 50.7 Å². The van der Waals surface area contributed by atoms with Crippen molar-refractivity contribution in [2.24, 2.45) is 0 Å². The lowest BCUT2D eigenvalue weighted by atomic mass is 10.0.